The summed E-state index contributed by atoms with van der Waals surface area (Å²) in [5.74, 6) is 0.861. The van der Waals surface area contributed by atoms with Crippen molar-refractivity contribution in [2.75, 3.05) is 13.1 Å². The summed E-state index contributed by atoms with van der Waals surface area (Å²) in [5.41, 5.74) is 5.85. The van der Waals surface area contributed by atoms with Gasteiger partial charge in [-0.25, -0.2) is 0 Å². The van der Waals surface area contributed by atoms with Gasteiger partial charge in [0.25, 0.3) is 0 Å². The molecule has 0 aromatic carbocycles. The number of hydrogen-bond acceptors (Lipinski definition) is 3. The van der Waals surface area contributed by atoms with Gasteiger partial charge < -0.3 is 16.4 Å². The molecule has 1 aliphatic carbocycles. The van der Waals surface area contributed by atoms with Gasteiger partial charge >= 0.3 is 0 Å². The molecule has 92 valence electrons. The van der Waals surface area contributed by atoms with Crippen molar-refractivity contribution >= 4 is 5.91 Å². The smallest absolute Gasteiger partial charge is 0.224 e. The van der Waals surface area contributed by atoms with Gasteiger partial charge in [0.1, 0.15) is 0 Å². The van der Waals surface area contributed by atoms with Crippen molar-refractivity contribution in [3.63, 3.8) is 0 Å². The van der Waals surface area contributed by atoms with Crippen LogP contribution >= 0.6 is 0 Å². The predicted molar refractivity (Wildman–Crippen MR) is 63.9 cm³/mol. The van der Waals surface area contributed by atoms with Gasteiger partial charge in [0.2, 0.25) is 5.91 Å². The molecule has 2 rings (SSSR count). The molecular weight excluding hydrogens is 202 g/mol. The van der Waals surface area contributed by atoms with E-state index in [0.29, 0.717) is 18.0 Å². The first kappa shape index (κ1) is 11.9. The molecule has 1 heterocycles. The van der Waals surface area contributed by atoms with Gasteiger partial charge in [0.15, 0.2) is 0 Å². The molecule has 1 amide bonds. The van der Waals surface area contributed by atoms with Crippen LogP contribution < -0.4 is 16.4 Å². The normalized spacial score (nSPS) is 39.6. The molecule has 0 bridgehead atoms. The highest BCUT2D eigenvalue weighted by Gasteiger charge is 2.31. The highest BCUT2D eigenvalue weighted by Crippen LogP contribution is 2.20. The Morgan fingerprint density at radius 1 is 1.25 bits per heavy atom. The predicted octanol–water partition coefficient (Wildman–Crippen LogP) is 0.228. The Kier molecular flexibility index (Phi) is 3.82. The van der Waals surface area contributed by atoms with Crippen LogP contribution in [0.15, 0.2) is 0 Å². The minimum absolute atomic E-state index is 0.163. The van der Waals surface area contributed by atoms with Crippen molar-refractivity contribution < 1.29 is 4.79 Å². The van der Waals surface area contributed by atoms with Crippen molar-refractivity contribution in [1.82, 2.24) is 10.6 Å². The molecule has 0 radical (unpaired) electrons. The molecule has 1 saturated carbocycles. The standard InChI is InChI=1S/C12H23N3O/c1-8-6-14-7-11(8)12(16)15-10-4-2-9(13)3-5-10/h8-11,14H,2-7,13H2,1H3,(H,15,16). The highest BCUT2D eigenvalue weighted by molar-refractivity contribution is 5.79. The van der Waals surface area contributed by atoms with Crippen LogP contribution in [0.3, 0.4) is 0 Å². The molecule has 0 aromatic rings. The second kappa shape index (κ2) is 5.15. The monoisotopic (exact) mass is 225 g/mol. The van der Waals surface area contributed by atoms with Crippen molar-refractivity contribution in [2.24, 2.45) is 17.6 Å². The molecule has 0 spiro atoms. The third kappa shape index (κ3) is 2.74. The van der Waals surface area contributed by atoms with E-state index in [1.54, 1.807) is 0 Å². The first-order chi connectivity index (χ1) is 7.66. The summed E-state index contributed by atoms with van der Waals surface area (Å²) >= 11 is 0. The van der Waals surface area contributed by atoms with Gasteiger partial charge in [-0.2, -0.15) is 0 Å². The van der Waals surface area contributed by atoms with E-state index in [9.17, 15) is 4.79 Å². The van der Waals surface area contributed by atoms with Crippen LogP contribution in [0, 0.1) is 11.8 Å². The van der Waals surface area contributed by atoms with Gasteiger partial charge in [-0.15, -0.1) is 0 Å². The van der Waals surface area contributed by atoms with E-state index in [2.05, 4.69) is 17.6 Å². The zero-order valence-corrected chi connectivity index (χ0v) is 10.0. The van der Waals surface area contributed by atoms with Gasteiger partial charge in [-0.1, -0.05) is 6.92 Å². The molecule has 2 fully saturated rings. The second-order valence-electron chi connectivity index (χ2n) is 5.36. The van der Waals surface area contributed by atoms with E-state index in [0.717, 1.165) is 38.8 Å². The molecule has 4 N–H and O–H groups in total. The Labute approximate surface area is 97.3 Å². The van der Waals surface area contributed by atoms with Crippen LogP contribution in [-0.2, 0) is 4.79 Å². The number of hydrogen-bond donors (Lipinski definition) is 3. The first-order valence-corrected chi connectivity index (χ1v) is 6.43. The number of carbonyl (C=O) groups is 1. The summed E-state index contributed by atoms with van der Waals surface area (Å²) in [6, 6.07) is 0.709. The maximum Gasteiger partial charge on any atom is 0.224 e. The zero-order valence-electron chi connectivity index (χ0n) is 10.0. The Hall–Kier alpha value is -0.610. The first-order valence-electron chi connectivity index (χ1n) is 6.43. The fourth-order valence-electron chi connectivity index (χ4n) is 2.73. The fraction of sp³-hybridized carbons (Fsp3) is 0.917. The van der Waals surface area contributed by atoms with E-state index in [1.165, 1.54) is 0 Å². The molecule has 4 heteroatoms. The summed E-state index contributed by atoms with van der Waals surface area (Å²) in [6.45, 7) is 3.94. The number of nitrogens with one attached hydrogen (secondary N) is 2. The van der Waals surface area contributed by atoms with Crippen molar-refractivity contribution in [1.29, 1.82) is 0 Å². The number of carbonyl (C=O) groups excluding carboxylic acids is 1. The average Bonchev–Trinajstić information content (AvgIpc) is 2.68. The minimum Gasteiger partial charge on any atom is -0.353 e. The van der Waals surface area contributed by atoms with Crippen molar-refractivity contribution in [3.8, 4) is 0 Å². The molecule has 2 aliphatic rings. The van der Waals surface area contributed by atoms with Crippen LogP contribution in [0.2, 0.25) is 0 Å². The number of amides is 1. The molecule has 2 unspecified atom stereocenters. The summed E-state index contributed by atoms with van der Waals surface area (Å²) in [5, 5.41) is 6.44. The second-order valence-corrected chi connectivity index (χ2v) is 5.36. The van der Waals surface area contributed by atoms with Crippen LogP contribution in [0.4, 0.5) is 0 Å². The molecule has 2 atom stereocenters. The lowest BCUT2D eigenvalue weighted by Crippen LogP contribution is -2.44. The Morgan fingerprint density at radius 2 is 1.94 bits per heavy atom. The third-order valence-corrected chi connectivity index (χ3v) is 3.97. The largest absolute Gasteiger partial charge is 0.353 e. The molecule has 4 nitrogen and oxygen atoms in total. The molecule has 1 aliphatic heterocycles. The number of nitrogens with two attached hydrogens (primary N) is 1. The minimum atomic E-state index is 0.163. The van der Waals surface area contributed by atoms with E-state index in [-0.39, 0.29) is 11.8 Å². The van der Waals surface area contributed by atoms with Crippen LogP contribution in [0.1, 0.15) is 32.6 Å². The molecule has 0 aromatic heterocycles. The van der Waals surface area contributed by atoms with Gasteiger partial charge in [-0.3, -0.25) is 4.79 Å². The van der Waals surface area contributed by atoms with E-state index >= 15 is 0 Å². The summed E-state index contributed by atoms with van der Waals surface area (Å²) in [7, 11) is 0. The van der Waals surface area contributed by atoms with E-state index in [4.69, 9.17) is 5.73 Å². The highest BCUT2D eigenvalue weighted by atomic mass is 16.2. The molecule has 16 heavy (non-hydrogen) atoms. The zero-order chi connectivity index (χ0) is 11.5. The Morgan fingerprint density at radius 3 is 2.50 bits per heavy atom. The maximum absolute atomic E-state index is 12.0. The van der Waals surface area contributed by atoms with Crippen molar-refractivity contribution in [3.05, 3.63) is 0 Å². The van der Waals surface area contributed by atoms with Crippen LogP contribution in [-0.4, -0.2) is 31.1 Å². The van der Waals surface area contributed by atoms with Crippen molar-refractivity contribution in [2.45, 2.75) is 44.7 Å². The van der Waals surface area contributed by atoms with Crippen LogP contribution in [0.25, 0.3) is 0 Å². The maximum atomic E-state index is 12.0. The van der Waals surface area contributed by atoms with Gasteiger partial charge in [0.05, 0.1) is 5.92 Å². The Balaban J connectivity index is 1.78. The molecule has 1 saturated heterocycles. The van der Waals surface area contributed by atoms with E-state index in [1.807, 2.05) is 0 Å². The van der Waals surface area contributed by atoms with E-state index < -0.39 is 0 Å². The SMILES string of the molecule is CC1CNCC1C(=O)NC1CCC(N)CC1. The summed E-state index contributed by atoms with van der Waals surface area (Å²) in [6.07, 6.45) is 4.18. The lowest BCUT2D eigenvalue weighted by atomic mass is 9.90. The summed E-state index contributed by atoms with van der Waals surface area (Å²) < 4.78 is 0. The lowest BCUT2D eigenvalue weighted by molar-refractivity contribution is -0.126. The van der Waals surface area contributed by atoms with Gasteiger partial charge in [-0.05, 0) is 38.1 Å². The van der Waals surface area contributed by atoms with Gasteiger partial charge in [0, 0.05) is 18.6 Å². The molecular formula is C12H23N3O. The van der Waals surface area contributed by atoms with Crippen LogP contribution in [0.5, 0.6) is 0 Å². The quantitative estimate of drug-likeness (QED) is 0.630. The fourth-order valence-corrected chi connectivity index (χ4v) is 2.73. The Bertz CT molecular complexity index is 249. The lowest BCUT2D eigenvalue weighted by Gasteiger charge is -2.28. The topological polar surface area (TPSA) is 67.2 Å². The average molecular weight is 225 g/mol. The third-order valence-electron chi connectivity index (χ3n) is 3.97. The summed E-state index contributed by atoms with van der Waals surface area (Å²) in [4.78, 5) is 12.0. The number of rotatable bonds is 2.